The lowest BCUT2D eigenvalue weighted by Gasteiger charge is -2.36. The Morgan fingerprint density at radius 1 is 0.958 bits per heavy atom. The van der Waals surface area contributed by atoms with E-state index in [9.17, 15) is 13.2 Å². The van der Waals surface area contributed by atoms with Gasteiger partial charge in [-0.2, -0.15) is 4.31 Å². The fraction of sp³-hybridized carbons (Fsp3) is 0.588. The van der Waals surface area contributed by atoms with Crippen LogP contribution in [0.2, 0.25) is 0 Å². The van der Waals surface area contributed by atoms with Gasteiger partial charge in [0.15, 0.2) is 0 Å². The third-order valence-corrected chi connectivity index (χ3v) is 7.29. The van der Waals surface area contributed by atoms with E-state index in [0.717, 1.165) is 38.0 Å². The first kappa shape index (κ1) is 16.1. The smallest absolute Gasteiger partial charge is 0.243 e. The molecule has 3 aliphatic heterocycles. The Labute approximate surface area is 143 Å². The van der Waals surface area contributed by atoms with Crippen molar-refractivity contribution in [1.29, 1.82) is 0 Å². The summed E-state index contributed by atoms with van der Waals surface area (Å²) in [6.45, 7) is 3.79. The summed E-state index contributed by atoms with van der Waals surface area (Å²) in [5.41, 5.74) is 0.789. The monoisotopic (exact) mass is 349 g/mol. The Morgan fingerprint density at radius 2 is 1.75 bits per heavy atom. The van der Waals surface area contributed by atoms with E-state index in [-0.39, 0.29) is 5.91 Å². The second-order valence-corrected chi connectivity index (χ2v) is 8.78. The number of anilines is 1. The van der Waals surface area contributed by atoms with Crippen molar-refractivity contribution in [2.45, 2.75) is 36.6 Å². The molecule has 0 bridgehead atoms. The zero-order valence-electron chi connectivity index (χ0n) is 13.7. The molecule has 3 heterocycles. The van der Waals surface area contributed by atoms with Gasteiger partial charge in [0, 0.05) is 44.3 Å². The van der Waals surface area contributed by atoms with E-state index in [1.54, 1.807) is 33.5 Å². The number of hydrogen-bond donors (Lipinski definition) is 0. The van der Waals surface area contributed by atoms with Crippen LogP contribution in [0, 0.1) is 0 Å². The van der Waals surface area contributed by atoms with Crippen LogP contribution >= 0.6 is 0 Å². The largest absolute Gasteiger partial charge is 0.312 e. The van der Waals surface area contributed by atoms with Crippen LogP contribution in [0.3, 0.4) is 0 Å². The van der Waals surface area contributed by atoms with Crippen LogP contribution in [-0.2, 0) is 14.8 Å². The molecule has 24 heavy (non-hydrogen) atoms. The Morgan fingerprint density at radius 3 is 2.46 bits per heavy atom. The fourth-order valence-corrected chi connectivity index (χ4v) is 5.52. The normalized spacial score (nSPS) is 26.1. The zero-order chi connectivity index (χ0) is 16.7. The molecule has 6 nitrogen and oxygen atoms in total. The van der Waals surface area contributed by atoms with E-state index in [1.165, 1.54) is 0 Å². The summed E-state index contributed by atoms with van der Waals surface area (Å²) >= 11 is 0. The van der Waals surface area contributed by atoms with Crippen LogP contribution < -0.4 is 4.90 Å². The van der Waals surface area contributed by atoms with Gasteiger partial charge < -0.3 is 4.90 Å². The summed E-state index contributed by atoms with van der Waals surface area (Å²) < 4.78 is 27.4. The molecule has 4 rings (SSSR count). The summed E-state index contributed by atoms with van der Waals surface area (Å²) in [5, 5.41) is 0. The number of hydrogen-bond acceptors (Lipinski definition) is 4. The third-order valence-electron chi connectivity index (χ3n) is 5.41. The number of nitrogens with zero attached hydrogens (tertiary/aromatic N) is 3. The van der Waals surface area contributed by atoms with Crippen molar-refractivity contribution < 1.29 is 13.2 Å². The Bertz CT molecular complexity index is 732. The highest BCUT2D eigenvalue weighted by Gasteiger charge is 2.36. The standard InChI is InChI=1S/C17H23N3O3S/c21-17-4-2-10-20(17)14-5-7-16(8-6-14)24(22,23)19-12-11-18-9-1-3-15(18)13-19/h5-8,15H,1-4,9-13H2/t15-/m1/s1. The molecular formula is C17H23N3O3S. The molecule has 1 aromatic carbocycles. The van der Waals surface area contributed by atoms with Crippen LogP contribution in [0.1, 0.15) is 25.7 Å². The topological polar surface area (TPSA) is 60.9 Å². The lowest BCUT2D eigenvalue weighted by atomic mass is 10.2. The van der Waals surface area contributed by atoms with Gasteiger partial charge in [-0.1, -0.05) is 0 Å². The molecule has 0 unspecified atom stereocenters. The molecule has 0 radical (unpaired) electrons. The van der Waals surface area contributed by atoms with Gasteiger partial charge in [0.1, 0.15) is 0 Å². The average molecular weight is 349 g/mol. The maximum atomic E-state index is 12.9. The summed E-state index contributed by atoms with van der Waals surface area (Å²) in [7, 11) is -3.45. The molecule has 0 spiro atoms. The van der Waals surface area contributed by atoms with Gasteiger partial charge in [0.25, 0.3) is 0 Å². The number of sulfonamides is 1. The highest BCUT2D eigenvalue weighted by atomic mass is 32.2. The Kier molecular flexibility index (Phi) is 4.10. The van der Waals surface area contributed by atoms with Crippen molar-refractivity contribution in [3.05, 3.63) is 24.3 Å². The van der Waals surface area contributed by atoms with Gasteiger partial charge in [0.2, 0.25) is 15.9 Å². The van der Waals surface area contributed by atoms with Crippen LogP contribution in [0.25, 0.3) is 0 Å². The lowest BCUT2D eigenvalue weighted by Crippen LogP contribution is -2.51. The van der Waals surface area contributed by atoms with Gasteiger partial charge in [-0.3, -0.25) is 9.69 Å². The number of piperazine rings is 1. The van der Waals surface area contributed by atoms with Gasteiger partial charge in [-0.05, 0) is 50.1 Å². The van der Waals surface area contributed by atoms with E-state index in [2.05, 4.69) is 4.90 Å². The summed E-state index contributed by atoms with van der Waals surface area (Å²) in [6.07, 6.45) is 3.69. The number of carbonyl (C=O) groups is 1. The first-order chi connectivity index (χ1) is 11.6. The SMILES string of the molecule is O=C1CCCN1c1ccc(S(=O)(=O)N2CCN3CCC[C@@H]3C2)cc1. The molecule has 0 aromatic heterocycles. The van der Waals surface area contributed by atoms with Crippen LogP contribution in [0.15, 0.2) is 29.2 Å². The molecule has 7 heteroatoms. The third kappa shape index (κ3) is 2.74. The highest BCUT2D eigenvalue weighted by molar-refractivity contribution is 7.89. The van der Waals surface area contributed by atoms with E-state index in [1.807, 2.05) is 0 Å². The van der Waals surface area contributed by atoms with Gasteiger partial charge in [0.05, 0.1) is 4.90 Å². The van der Waals surface area contributed by atoms with Crippen molar-refractivity contribution >= 4 is 21.6 Å². The van der Waals surface area contributed by atoms with Crippen LogP contribution in [0.4, 0.5) is 5.69 Å². The van der Waals surface area contributed by atoms with Gasteiger partial charge in [-0.15, -0.1) is 0 Å². The molecule has 0 aliphatic carbocycles. The van der Waals surface area contributed by atoms with Gasteiger partial charge >= 0.3 is 0 Å². The molecular weight excluding hydrogens is 326 g/mol. The molecule has 3 saturated heterocycles. The van der Waals surface area contributed by atoms with Crippen molar-refractivity contribution in [2.75, 3.05) is 37.6 Å². The van der Waals surface area contributed by atoms with Crippen LogP contribution in [0.5, 0.6) is 0 Å². The number of amides is 1. The van der Waals surface area contributed by atoms with E-state index in [4.69, 9.17) is 0 Å². The fourth-order valence-electron chi connectivity index (χ4n) is 4.05. The average Bonchev–Trinajstić information content (AvgIpc) is 3.22. The lowest BCUT2D eigenvalue weighted by molar-refractivity contribution is -0.117. The highest BCUT2D eigenvalue weighted by Crippen LogP contribution is 2.27. The van der Waals surface area contributed by atoms with Crippen molar-refractivity contribution in [3.8, 4) is 0 Å². The van der Waals surface area contributed by atoms with E-state index < -0.39 is 10.0 Å². The van der Waals surface area contributed by atoms with Gasteiger partial charge in [-0.25, -0.2) is 8.42 Å². The number of fused-ring (bicyclic) bond motifs is 1. The number of benzene rings is 1. The quantitative estimate of drug-likeness (QED) is 0.825. The zero-order valence-corrected chi connectivity index (χ0v) is 14.5. The maximum absolute atomic E-state index is 12.9. The maximum Gasteiger partial charge on any atom is 0.243 e. The summed E-state index contributed by atoms with van der Waals surface area (Å²) in [4.78, 5) is 16.3. The predicted molar refractivity (Wildman–Crippen MR) is 91.4 cm³/mol. The molecule has 1 aromatic rings. The molecule has 1 atom stereocenters. The number of carbonyl (C=O) groups excluding carboxylic acids is 1. The Balaban J connectivity index is 1.52. The second kappa shape index (κ2) is 6.13. The molecule has 1 amide bonds. The minimum Gasteiger partial charge on any atom is -0.312 e. The predicted octanol–water partition coefficient (Wildman–Crippen LogP) is 1.28. The Hall–Kier alpha value is -1.44. The number of rotatable bonds is 3. The molecule has 3 fully saturated rings. The minimum absolute atomic E-state index is 0.114. The van der Waals surface area contributed by atoms with Crippen molar-refractivity contribution in [3.63, 3.8) is 0 Å². The molecule has 0 N–H and O–H groups in total. The minimum atomic E-state index is -3.45. The molecule has 0 saturated carbocycles. The second-order valence-electron chi connectivity index (χ2n) is 6.84. The molecule has 3 aliphatic rings. The van der Waals surface area contributed by atoms with Crippen LogP contribution in [-0.4, -0.2) is 62.3 Å². The first-order valence-electron chi connectivity index (χ1n) is 8.70. The van der Waals surface area contributed by atoms with E-state index >= 15 is 0 Å². The first-order valence-corrected chi connectivity index (χ1v) is 10.1. The van der Waals surface area contributed by atoms with Crippen molar-refractivity contribution in [2.24, 2.45) is 0 Å². The van der Waals surface area contributed by atoms with E-state index in [0.29, 0.717) is 37.0 Å². The van der Waals surface area contributed by atoms with Crippen molar-refractivity contribution in [1.82, 2.24) is 9.21 Å². The molecule has 130 valence electrons. The summed E-state index contributed by atoms with van der Waals surface area (Å²) in [5.74, 6) is 0.114. The summed E-state index contributed by atoms with van der Waals surface area (Å²) in [6, 6.07) is 7.15.